The Kier molecular flexibility index (Phi) is 4.27. The van der Waals surface area contributed by atoms with E-state index in [9.17, 15) is 14.5 Å². The molecule has 0 spiro atoms. The zero-order valence-electron chi connectivity index (χ0n) is 10.8. The van der Waals surface area contributed by atoms with Crippen molar-refractivity contribution in [2.75, 3.05) is 7.05 Å². The summed E-state index contributed by atoms with van der Waals surface area (Å²) >= 11 is 0. The van der Waals surface area contributed by atoms with Gasteiger partial charge in [0.25, 0.3) is 5.69 Å². The van der Waals surface area contributed by atoms with Gasteiger partial charge in [-0.05, 0) is 19.2 Å². The van der Waals surface area contributed by atoms with E-state index in [0.29, 0.717) is 12.3 Å². The van der Waals surface area contributed by atoms with Crippen molar-refractivity contribution in [1.29, 1.82) is 0 Å². The highest BCUT2D eigenvalue weighted by atomic mass is 19.1. The third kappa shape index (κ3) is 3.10. The van der Waals surface area contributed by atoms with Gasteiger partial charge >= 0.3 is 0 Å². The topological polar surface area (TPSA) is 64.4 Å². The molecule has 0 bridgehead atoms. The van der Waals surface area contributed by atoms with E-state index < -0.39 is 10.7 Å². The molecule has 0 amide bonds. The van der Waals surface area contributed by atoms with Crippen LogP contribution in [0.25, 0.3) is 0 Å². The SMILES string of the molecule is CNCc1ccccc1Oc1ccc([N+](=O)[O-])cc1F. The summed E-state index contributed by atoms with van der Waals surface area (Å²) in [4.78, 5) is 9.90. The first-order valence-electron chi connectivity index (χ1n) is 5.96. The summed E-state index contributed by atoms with van der Waals surface area (Å²) in [5.41, 5.74) is 0.561. The number of nitro benzene ring substituents is 1. The van der Waals surface area contributed by atoms with Gasteiger partial charge in [-0.2, -0.15) is 0 Å². The van der Waals surface area contributed by atoms with Crippen molar-refractivity contribution in [3.63, 3.8) is 0 Å². The predicted octanol–water partition coefficient (Wildman–Crippen LogP) is 3.25. The third-order valence-corrected chi connectivity index (χ3v) is 2.69. The standard InChI is InChI=1S/C14H13FN2O3/c1-16-9-10-4-2-3-5-13(10)20-14-7-6-11(17(18)19)8-12(14)15/h2-8,16H,9H2,1H3. The molecule has 1 N–H and O–H groups in total. The number of nitrogens with one attached hydrogen (secondary N) is 1. The number of nitrogens with zero attached hydrogens (tertiary/aromatic N) is 1. The van der Waals surface area contributed by atoms with Gasteiger partial charge in [0.05, 0.1) is 11.0 Å². The number of non-ortho nitro benzene ring substituents is 1. The van der Waals surface area contributed by atoms with Gasteiger partial charge in [-0.1, -0.05) is 18.2 Å². The smallest absolute Gasteiger partial charge is 0.272 e. The average molecular weight is 276 g/mol. The van der Waals surface area contributed by atoms with Crippen LogP contribution in [-0.2, 0) is 6.54 Å². The molecule has 0 atom stereocenters. The molecule has 0 unspecified atom stereocenters. The number of ether oxygens (including phenoxy) is 1. The summed E-state index contributed by atoms with van der Waals surface area (Å²) in [5, 5.41) is 13.5. The molecule has 0 saturated carbocycles. The lowest BCUT2D eigenvalue weighted by Crippen LogP contribution is -2.06. The second-order valence-electron chi connectivity index (χ2n) is 4.11. The van der Waals surface area contributed by atoms with Crippen molar-refractivity contribution in [3.05, 3.63) is 64.0 Å². The van der Waals surface area contributed by atoms with E-state index in [1.54, 1.807) is 19.2 Å². The summed E-state index contributed by atoms with van der Waals surface area (Å²) in [6.45, 7) is 0.574. The first-order chi connectivity index (χ1) is 9.61. The van der Waals surface area contributed by atoms with Crippen molar-refractivity contribution in [1.82, 2.24) is 5.32 Å². The van der Waals surface area contributed by atoms with Crippen LogP contribution in [0.2, 0.25) is 0 Å². The molecule has 0 aliphatic heterocycles. The van der Waals surface area contributed by atoms with Crippen molar-refractivity contribution in [3.8, 4) is 11.5 Å². The highest BCUT2D eigenvalue weighted by Crippen LogP contribution is 2.29. The second-order valence-corrected chi connectivity index (χ2v) is 4.11. The van der Waals surface area contributed by atoms with E-state index in [0.717, 1.165) is 11.6 Å². The number of hydrogen-bond donors (Lipinski definition) is 1. The minimum atomic E-state index is -0.765. The minimum Gasteiger partial charge on any atom is -0.454 e. The number of benzene rings is 2. The van der Waals surface area contributed by atoms with Gasteiger partial charge in [0.1, 0.15) is 5.75 Å². The molecule has 0 heterocycles. The fourth-order valence-corrected chi connectivity index (χ4v) is 1.74. The molecule has 5 nitrogen and oxygen atoms in total. The van der Waals surface area contributed by atoms with Gasteiger partial charge in [0.15, 0.2) is 11.6 Å². The Morgan fingerprint density at radius 3 is 2.65 bits per heavy atom. The number of nitro groups is 1. The van der Waals surface area contributed by atoms with Gasteiger partial charge in [0, 0.05) is 18.2 Å². The number of hydrogen-bond acceptors (Lipinski definition) is 4. The molecule has 0 fully saturated rings. The lowest BCUT2D eigenvalue weighted by Gasteiger charge is -2.11. The molecule has 2 aromatic carbocycles. The van der Waals surface area contributed by atoms with Crippen LogP contribution in [0.4, 0.5) is 10.1 Å². The van der Waals surface area contributed by atoms with Crippen LogP contribution in [0, 0.1) is 15.9 Å². The fourth-order valence-electron chi connectivity index (χ4n) is 1.74. The summed E-state index contributed by atoms with van der Waals surface area (Å²) in [7, 11) is 1.79. The fraction of sp³-hybridized carbons (Fsp3) is 0.143. The molecule has 104 valence electrons. The van der Waals surface area contributed by atoms with Crippen LogP contribution in [-0.4, -0.2) is 12.0 Å². The summed E-state index contributed by atoms with van der Waals surface area (Å²) in [6.07, 6.45) is 0. The van der Waals surface area contributed by atoms with Crippen LogP contribution in [0.3, 0.4) is 0 Å². The Balaban J connectivity index is 2.28. The highest BCUT2D eigenvalue weighted by molar-refractivity contribution is 5.42. The van der Waals surface area contributed by atoms with Gasteiger partial charge in [0.2, 0.25) is 0 Å². The van der Waals surface area contributed by atoms with Crippen molar-refractivity contribution in [2.24, 2.45) is 0 Å². The van der Waals surface area contributed by atoms with Crippen LogP contribution in [0.5, 0.6) is 11.5 Å². The average Bonchev–Trinajstić information content (AvgIpc) is 2.43. The van der Waals surface area contributed by atoms with E-state index >= 15 is 0 Å². The quantitative estimate of drug-likeness (QED) is 0.672. The van der Waals surface area contributed by atoms with Crippen LogP contribution >= 0.6 is 0 Å². The van der Waals surface area contributed by atoms with Crippen molar-refractivity contribution < 1.29 is 14.1 Å². The summed E-state index contributed by atoms with van der Waals surface area (Å²) in [5.74, 6) is -0.299. The monoisotopic (exact) mass is 276 g/mol. The summed E-state index contributed by atoms with van der Waals surface area (Å²) in [6, 6.07) is 10.5. The van der Waals surface area contributed by atoms with E-state index in [-0.39, 0.29) is 11.4 Å². The van der Waals surface area contributed by atoms with Crippen molar-refractivity contribution in [2.45, 2.75) is 6.54 Å². The maximum absolute atomic E-state index is 13.8. The van der Waals surface area contributed by atoms with Crippen LogP contribution < -0.4 is 10.1 Å². The Bertz CT molecular complexity index is 632. The Hall–Kier alpha value is -2.47. The van der Waals surface area contributed by atoms with E-state index in [4.69, 9.17) is 4.74 Å². The molecule has 6 heteroatoms. The van der Waals surface area contributed by atoms with E-state index in [2.05, 4.69) is 5.32 Å². The van der Waals surface area contributed by atoms with Gasteiger partial charge in [-0.15, -0.1) is 0 Å². The lowest BCUT2D eigenvalue weighted by molar-refractivity contribution is -0.385. The molecule has 2 aromatic rings. The molecule has 20 heavy (non-hydrogen) atoms. The molecule has 0 aliphatic rings. The zero-order valence-corrected chi connectivity index (χ0v) is 10.8. The van der Waals surface area contributed by atoms with Gasteiger partial charge in [-0.3, -0.25) is 10.1 Å². The predicted molar refractivity (Wildman–Crippen MR) is 72.3 cm³/mol. The molecular formula is C14H13FN2O3. The lowest BCUT2D eigenvalue weighted by atomic mass is 10.2. The van der Waals surface area contributed by atoms with Crippen LogP contribution in [0.15, 0.2) is 42.5 Å². The van der Waals surface area contributed by atoms with Crippen molar-refractivity contribution >= 4 is 5.69 Å². The molecular weight excluding hydrogens is 263 g/mol. The van der Waals surface area contributed by atoms with E-state index in [1.807, 2.05) is 12.1 Å². The number of para-hydroxylation sites is 1. The Morgan fingerprint density at radius 2 is 2.00 bits per heavy atom. The summed E-state index contributed by atoms with van der Waals surface area (Å²) < 4.78 is 19.3. The first-order valence-corrected chi connectivity index (χ1v) is 5.96. The number of rotatable bonds is 5. The molecule has 0 aromatic heterocycles. The Labute approximate surface area is 115 Å². The maximum Gasteiger partial charge on any atom is 0.272 e. The molecule has 0 saturated heterocycles. The largest absolute Gasteiger partial charge is 0.454 e. The second kappa shape index (κ2) is 6.12. The highest BCUT2D eigenvalue weighted by Gasteiger charge is 2.13. The molecule has 0 radical (unpaired) electrons. The van der Waals surface area contributed by atoms with Gasteiger partial charge < -0.3 is 10.1 Å². The third-order valence-electron chi connectivity index (χ3n) is 2.69. The number of halogens is 1. The first kappa shape index (κ1) is 14.0. The molecule has 2 rings (SSSR count). The zero-order chi connectivity index (χ0) is 14.5. The van der Waals surface area contributed by atoms with E-state index in [1.165, 1.54) is 12.1 Å². The Morgan fingerprint density at radius 1 is 1.25 bits per heavy atom. The minimum absolute atomic E-state index is 0.0425. The maximum atomic E-state index is 13.8. The van der Waals surface area contributed by atoms with Crippen LogP contribution in [0.1, 0.15) is 5.56 Å². The molecule has 0 aliphatic carbocycles. The van der Waals surface area contributed by atoms with Gasteiger partial charge in [-0.25, -0.2) is 4.39 Å². The normalized spacial score (nSPS) is 10.3.